The first-order valence-electron chi connectivity index (χ1n) is 8.57. The molecule has 0 aliphatic carbocycles. The van der Waals surface area contributed by atoms with E-state index in [9.17, 15) is 9.90 Å². The lowest BCUT2D eigenvalue weighted by Crippen LogP contribution is -2.17. The Morgan fingerprint density at radius 3 is 2.46 bits per heavy atom. The number of ether oxygens (including phenoxy) is 1. The Morgan fingerprint density at radius 1 is 1.12 bits per heavy atom. The quantitative estimate of drug-likeness (QED) is 0.629. The highest BCUT2D eigenvalue weighted by molar-refractivity contribution is 6.30. The Labute approximate surface area is 158 Å². The zero-order chi connectivity index (χ0) is 18.8. The molecule has 0 saturated carbocycles. The average Bonchev–Trinajstić information content (AvgIpc) is 2.61. The smallest absolute Gasteiger partial charge is 0.339 e. The highest BCUT2D eigenvalue weighted by Crippen LogP contribution is 2.38. The summed E-state index contributed by atoms with van der Waals surface area (Å²) in [5.74, 6) is -0.641. The molecule has 4 heteroatoms. The number of fused-ring (bicyclic) bond motifs is 1. The Bertz CT molecular complexity index is 961. The van der Waals surface area contributed by atoms with Gasteiger partial charge in [0.2, 0.25) is 0 Å². The van der Waals surface area contributed by atoms with E-state index in [-0.39, 0.29) is 6.61 Å². The fourth-order valence-corrected chi connectivity index (χ4v) is 3.43. The van der Waals surface area contributed by atoms with Gasteiger partial charge in [-0.25, -0.2) is 4.79 Å². The van der Waals surface area contributed by atoms with Gasteiger partial charge in [0.25, 0.3) is 0 Å². The van der Waals surface area contributed by atoms with Crippen molar-refractivity contribution in [3.05, 3.63) is 70.2 Å². The van der Waals surface area contributed by atoms with Crippen molar-refractivity contribution in [2.75, 3.05) is 6.61 Å². The van der Waals surface area contributed by atoms with Gasteiger partial charge in [0, 0.05) is 10.6 Å². The Morgan fingerprint density at radius 2 is 1.81 bits per heavy atom. The molecule has 1 atom stereocenters. The van der Waals surface area contributed by atoms with Gasteiger partial charge in [-0.3, -0.25) is 0 Å². The second-order valence-corrected chi connectivity index (χ2v) is 6.80. The van der Waals surface area contributed by atoms with Crippen LogP contribution in [0.15, 0.2) is 48.5 Å². The van der Waals surface area contributed by atoms with E-state index in [1.165, 1.54) is 0 Å². The van der Waals surface area contributed by atoms with E-state index in [0.29, 0.717) is 10.6 Å². The third-order valence-corrected chi connectivity index (χ3v) is 4.71. The van der Waals surface area contributed by atoms with Crippen molar-refractivity contribution in [3.8, 4) is 11.1 Å². The predicted octanol–water partition coefficient (Wildman–Crippen LogP) is 5.37. The Balaban J connectivity index is 2.33. The maximum atomic E-state index is 12.2. The number of carbonyl (C=O) groups is 1. The van der Waals surface area contributed by atoms with Crippen LogP contribution in [0, 0.1) is 13.8 Å². The summed E-state index contributed by atoms with van der Waals surface area (Å²) in [6.45, 7) is 5.88. The molecule has 0 heterocycles. The van der Waals surface area contributed by atoms with Gasteiger partial charge in [-0.1, -0.05) is 53.6 Å². The van der Waals surface area contributed by atoms with E-state index in [1.54, 1.807) is 19.1 Å². The van der Waals surface area contributed by atoms with Crippen LogP contribution in [0.25, 0.3) is 21.9 Å². The third kappa shape index (κ3) is 3.46. The van der Waals surface area contributed by atoms with Gasteiger partial charge in [0.15, 0.2) is 6.10 Å². The highest BCUT2D eigenvalue weighted by atomic mass is 35.5. The summed E-state index contributed by atoms with van der Waals surface area (Å²) in [7, 11) is 0. The van der Waals surface area contributed by atoms with Gasteiger partial charge < -0.3 is 9.84 Å². The SMILES string of the molecule is CCOC(=O)[C@@H](O)c1c(C)cc2cc(C)ccc2c1-c1ccc(Cl)cc1. The van der Waals surface area contributed by atoms with Crippen LogP contribution in [0.2, 0.25) is 5.02 Å². The first-order valence-corrected chi connectivity index (χ1v) is 8.94. The van der Waals surface area contributed by atoms with E-state index >= 15 is 0 Å². The molecule has 0 spiro atoms. The second-order valence-electron chi connectivity index (χ2n) is 6.37. The topological polar surface area (TPSA) is 46.5 Å². The lowest BCUT2D eigenvalue weighted by Gasteiger charge is -2.20. The number of aliphatic hydroxyl groups excluding tert-OH is 1. The van der Waals surface area contributed by atoms with Gasteiger partial charge in [-0.15, -0.1) is 0 Å². The molecular formula is C22H21ClO3. The molecule has 3 aromatic rings. The lowest BCUT2D eigenvalue weighted by atomic mass is 9.87. The molecule has 0 amide bonds. The number of hydrogen-bond acceptors (Lipinski definition) is 3. The molecule has 26 heavy (non-hydrogen) atoms. The molecule has 3 rings (SSSR count). The summed E-state index contributed by atoms with van der Waals surface area (Å²) in [4.78, 5) is 12.2. The zero-order valence-corrected chi connectivity index (χ0v) is 15.8. The van der Waals surface area contributed by atoms with Crippen molar-refractivity contribution < 1.29 is 14.6 Å². The van der Waals surface area contributed by atoms with Crippen LogP contribution in [0.5, 0.6) is 0 Å². The van der Waals surface area contributed by atoms with Crippen molar-refractivity contribution in [3.63, 3.8) is 0 Å². The van der Waals surface area contributed by atoms with Crippen LogP contribution in [0.4, 0.5) is 0 Å². The largest absolute Gasteiger partial charge is 0.464 e. The molecule has 0 aromatic heterocycles. The number of halogens is 1. The number of aryl methyl sites for hydroxylation is 2. The van der Waals surface area contributed by atoms with Gasteiger partial charge >= 0.3 is 5.97 Å². The number of hydrogen-bond donors (Lipinski definition) is 1. The summed E-state index contributed by atoms with van der Waals surface area (Å²) < 4.78 is 5.04. The van der Waals surface area contributed by atoms with Crippen molar-refractivity contribution in [1.29, 1.82) is 0 Å². The van der Waals surface area contributed by atoms with Gasteiger partial charge in [0.05, 0.1) is 6.61 Å². The van der Waals surface area contributed by atoms with Gasteiger partial charge in [0.1, 0.15) is 0 Å². The van der Waals surface area contributed by atoms with Crippen LogP contribution < -0.4 is 0 Å². The van der Waals surface area contributed by atoms with E-state index in [4.69, 9.17) is 16.3 Å². The van der Waals surface area contributed by atoms with Crippen molar-refractivity contribution in [2.45, 2.75) is 26.9 Å². The van der Waals surface area contributed by atoms with Crippen molar-refractivity contribution in [1.82, 2.24) is 0 Å². The van der Waals surface area contributed by atoms with Crippen LogP contribution >= 0.6 is 11.6 Å². The van der Waals surface area contributed by atoms with Crippen LogP contribution in [0.3, 0.4) is 0 Å². The van der Waals surface area contributed by atoms with Crippen LogP contribution in [0.1, 0.15) is 29.7 Å². The predicted molar refractivity (Wildman–Crippen MR) is 105 cm³/mol. The monoisotopic (exact) mass is 368 g/mol. The minimum Gasteiger partial charge on any atom is -0.464 e. The molecule has 0 fully saturated rings. The van der Waals surface area contributed by atoms with Gasteiger partial charge in [-0.2, -0.15) is 0 Å². The minimum absolute atomic E-state index is 0.220. The molecule has 0 radical (unpaired) electrons. The molecular weight excluding hydrogens is 348 g/mol. The molecule has 0 aliphatic rings. The fourth-order valence-electron chi connectivity index (χ4n) is 3.30. The Hall–Kier alpha value is -2.36. The first-order chi connectivity index (χ1) is 12.4. The molecule has 134 valence electrons. The molecule has 3 nitrogen and oxygen atoms in total. The first kappa shape index (κ1) is 18.4. The van der Waals surface area contributed by atoms with E-state index < -0.39 is 12.1 Å². The molecule has 0 aliphatic heterocycles. The van der Waals surface area contributed by atoms with Crippen LogP contribution in [-0.4, -0.2) is 17.7 Å². The van der Waals surface area contributed by atoms with Crippen molar-refractivity contribution in [2.24, 2.45) is 0 Å². The summed E-state index contributed by atoms with van der Waals surface area (Å²) in [6, 6.07) is 15.6. The molecule has 1 N–H and O–H groups in total. The molecule has 0 bridgehead atoms. The lowest BCUT2D eigenvalue weighted by molar-refractivity contribution is -0.153. The summed E-state index contributed by atoms with van der Waals surface area (Å²) in [6.07, 6.45) is -1.34. The standard InChI is InChI=1S/C22H21ClO3/c1-4-26-22(25)21(24)19-14(3)12-16-11-13(2)5-10-18(16)20(19)15-6-8-17(23)9-7-15/h5-12,21,24H,4H2,1-3H3/t21-/m0/s1. The van der Waals surface area contributed by atoms with E-state index in [0.717, 1.165) is 33.0 Å². The zero-order valence-electron chi connectivity index (χ0n) is 15.0. The molecule has 3 aromatic carbocycles. The highest BCUT2D eigenvalue weighted by Gasteiger charge is 2.26. The fraction of sp³-hybridized carbons (Fsp3) is 0.227. The second kappa shape index (κ2) is 7.48. The van der Waals surface area contributed by atoms with Gasteiger partial charge in [-0.05, 0) is 60.4 Å². The van der Waals surface area contributed by atoms with E-state index in [1.807, 2.05) is 44.2 Å². The summed E-state index contributed by atoms with van der Waals surface area (Å²) in [5.41, 5.74) is 4.29. The number of benzene rings is 3. The van der Waals surface area contributed by atoms with Crippen LogP contribution in [-0.2, 0) is 9.53 Å². The number of carbonyl (C=O) groups excluding carboxylic acids is 1. The maximum absolute atomic E-state index is 12.2. The molecule has 0 unspecified atom stereocenters. The Kier molecular flexibility index (Phi) is 5.30. The normalized spacial score (nSPS) is 12.2. The number of aliphatic hydroxyl groups is 1. The number of rotatable bonds is 4. The third-order valence-electron chi connectivity index (χ3n) is 4.46. The van der Waals surface area contributed by atoms with Crippen molar-refractivity contribution >= 4 is 28.3 Å². The molecule has 0 saturated heterocycles. The van der Waals surface area contributed by atoms with E-state index in [2.05, 4.69) is 6.07 Å². The summed E-state index contributed by atoms with van der Waals surface area (Å²) >= 11 is 6.04. The maximum Gasteiger partial charge on any atom is 0.339 e. The minimum atomic E-state index is -1.34. The average molecular weight is 369 g/mol. The number of esters is 1. The summed E-state index contributed by atoms with van der Waals surface area (Å²) in [5, 5.41) is 13.4.